The number of rotatable bonds is 2. The van der Waals surface area contributed by atoms with Crippen LogP contribution in [0, 0.1) is 11.3 Å². The van der Waals surface area contributed by atoms with Gasteiger partial charge in [0.05, 0.1) is 11.3 Å². The summed E-state index contributed by atoms with van der Waals surface area (Å²) in [4.78, 5) is 1.78. The summed E-state index contributed by atoms with van der Waals surface area (Å²) in [6.45, 7) is 0. The number of anilines is 2. The highest BCUT2D eigenvalue weighted by Gasteiger charge is 2.13. The summed E-state index contributed by atoms with van der Waals surface area (Å²) in [5.41, 5.74) is 1.37. The van der Waals surface area contributed by atoms with E-state index in [0.717, 1.165) is 5.69 Å². The molecule has 1 aromatic heterocycles. The van der Waals surface area contributed by atoms with E-state index in [1.807, 2.05) is 25.2 Å². The Kier molecular flexibility index (Phi) is 2.52. The van der Waals surface area contributed by atoms with E-state index in [1.54, 1.807) is 22.7 Å². The monoisotopic (exact) mass is 214 g/mol. The molecule has 0 saturated heterocycles. The van der Waals surface area contributed by atoms with E-state index in [2.05, 4.69) is 21.6 Å². The number of tetrazole rings is 1. The fourth-order valence-electron chi connectivity index (χ4n) is 1.48. The van der Waals surface area contributed by atoms with Crippen molar-refractivity contribution in [2.45, 2.75) is 0 Å². The Morgan fingerprint density at radius 1 is 1.38 bits per heavy atom. The van der Waals surface area contributed by atoms with E-state index in [4.69, 9.17) is 5.26 Å². The van der Waals surface area contributed by atoms with Gasteiger partial charge in [0.15, 0.2) is 0 Å². The van der Waals surface area contributed by atoms with Gasteiger partial charge >= 0.3 is 0 Å². The van der Waals surface area contributed by atoms with Gasteiger partial charge in [0.2, 0.25) is 5.95 Å². The molecule has 1 aromatic carbocycles. The Morgan fingerprint density at radius 3 is 2.75 bits per heavy atom. The standard InChI is InChI=1S/C10H10N6/c1-15(10-12-13-14-16(10)2)9-6-4-3-5-8(9)7-11/h3-6H,1-2H3. The number of nitrogens with zero attached hydrogens (tertiary/aromatic N) is 6. The van der Waals surface area contributed by atoms with Crippen LogP contribution in [0.2, 0.25) is 0 Å². The first kappa shape index (κ1) is 10.1. The third-order valence-corrected chi connectivity index (χ3v) is 2.28. The Morgan fingerprint density at radius 2 is 2.12 bits per heavy atom. The number of para-hydroxylation sites is 1. The highest BCUT2D eigenvalue weighted by atomic mass is 15.6. The number of benzene rings is 1. The van der Waals surface area contributed by atoms with Gasteiger partial charge in [0, 0.05) is 14.1 Å². The fourth-order valence-corrected chi connectivity index (χ4v) is 1.48. The molecule has 0 spiro atoms. The van der Waals surface area contributed by atoms with E-state index in [9.17, 15) is 0 Å². The number of hydrogen-bond acceptors (Lipinski definition) is 5. The van der Waals surface area contributed by atoms with Crippen LogP contribution in [0.5, 0.6) is 0 Å². The van der Waals surface area contributed by atoms with Crippen LogP contribution < -0.4 is 4.90 Å². The molecule has 0 fully saturated rings. The molecule has 0 aliphatic carbocycles. The van der Waals surface area contributed by atoms with Gasteiger partial charge in [0.1, 0.15) is 6.07 Å². The van der Waals surface area contributed by atoms with Gasteiger partial charge in [-0.05, 0) is 22.6 Å². The average molecular weight is 214 g/mol. The summed E-state index contributed by atoms with van der Waals surface area (Å²) in [5, 5.41) is 20.2. The predicted molar refractivity (Wildman–Crippen MR) is 58.0 cm³/mol. The predicted octanol–water partition coefficient (Wildman–Crippen LogP) is 0.850. The van der Waals surface area contributed by atoms with Crippen molar-refractivity contribution in [2.24, 2.45) is 7.05 Å². The molecule has 0 aliphatic heterocycles. The third-order valence-electron chi connectivity index (χ3n) is 2.28. The minimum atomic E-state index is 0.586. The Balaban J connectivity index is 2.46. The van der Waals surface area contributed by atoms with Crippen molar-refractivity contribution in [3.05, 3.63) is 29.8 Å². The molecule has 0 amide bonds. The number of hydrogen-bond donors (Lipinski definition) is 0. The molecule has 2 aromatic rings. The van der Waals surface area contributed by atoms with Gasteiger partial charge in [-0.25, -0.2) is 4.68 Å². The molecular weight excluding hydrogens is 204 g/mol. The van der Waals surface area contributed by atoms with Crippen molar-refractivity contribution in [3.63, 3.8) is 0 Å². The Bertz CT molecular complexity index is 538. The lowest BCUT2D eigenvalue weighted by Crippen LogP contribution is -2.15. The van der Waals surface area contributed by atoms with Crippen LogP contribution >= 0.6 is 0 Å². The zero-order valence-corrected chi connectivity index (χ0v) is 8.99. The van der Waals surface area contributed by atoms with E-state index in [1.165, 1.54) is 0 Å². The van der Waals surface area contributed by atoms with Gasteiger partial charge in [-0.15, -0.1) is 0 Å². The first-order valence-corrected chi connectivity index (χ1v) is 4.69. The molecule has 0 atom stereocenters. The highest BCUT2D eigenvalue weighted by Crippen LogP contribution is 2.23. The lowest BCUT2D eigenvalue weighted by molar-refractivity contribution is 0.708. The minimum Gasteiger partial charge on any atom is -0.311 e. The van der Waals surface area contributed by atoms with Gasteiger partial charge < -0.3 is 4.90 Å². The summed E-state index contributed by atoms with van der Waals surface area (Å²) in [6.07, 6.45) is 0. The average Bonchev–Trinajstić information content (AvgIpc) is 2.74. The largest absolute Gasteiger partial charge is 0.311 e. The second-order valence-electron chi connectivity index (χ2n) is 3.29. The summed E-state index contributed by atoms with van der Waals surface area (Å²) in [6, 6.07) is 9.45. The first-order chi connectivity index (χ1) is 7.74. The molecule has 1 heterocycles. The lowest BCUT2D eigenvalue weighted by Gasteiger charge is -2.17. The quantitative estimate of drug-likeness (QED) is 0.741. The summed E-state index contributed by atoms with van der Waals surface area (Å²) >= 11 is 0. The second kappa shape index (κ2) is 3.98. The number of aromatic nitrogens is 4. The van der Waals surface area contributed by atoms with Crippen LogP contribution in [-0.2, 0) is 7.05 Å². The molecule has 0 radical (unpaired) electrons. The van der Waals surface area contributed by atoms with Crippen LogP contribution in [-0.4, -0.2) is 27.3 Å². The van der Waals surface area contributed by atoms with Crippen molar-refractivity contribution in [1.82, 2.24) is 20.2 Å². The molecule has 0 N–H and O–H groups in total. The number of nitriles is 1. The molecule has 0 unspecified atom stereocenters. The smallest absolute Gasteiger partial charge is 0.249 e. The van der Waals surface area contributed by atoms with Gasteiger partial charge in [-0.2, -0.15) is 5.26 Å². The maximum atomic E-state index is 9.00. The molecule has 6 heteroatoms. The first-order valence-electron chi connectivity index (χ1n) is 4.69. The zero-order chi connectivity index (χ0) is 11.5. The van der Waals surface area contributed by atoms with Crippen LogP contribution in [0.25, 0.3) is 0 Å². The van der Waals surface area contributed by atoms with Crippen LogP contribution in [0.1, 0.15) is 5.56 Å². The van der Waals surface area contributed by atoms with Crippen molar-refractivity contribution < 1.29 is 0 Å². The van der Waals surface area contributed by atoms with Crippen molar-refractivity contribution in [3.8, 4) is 6.07 Å². The second-order valence-corrected chi connectivity index (χ2v) is 3.29. The van der Waals surface area contributed by atoms with Crippen molar-refractivity contribution in [2.75, 3.05) is 11.9 Å². The SMILES string of the molecule is CN(c1ccccc1C#N)c1nnnn1C. The Labute approximate surface area is 92.7 Å². The van der Waals surface area contributed by atoms with Gasteiger partial charge in [0.25, 0.3) is 0 Å². The summed E-state index contributed by atoms with van der Waals surface area (Å²) in [5.74, 6) is 0.586. The normalized spacial score (nSPS) is 9.81. The molecule has 16 heavy (non-hydrogen) atoms. The number of aryl methyl sites for hydroxylation is 1. The molecule has 6 nitrogen and oxygen atoms in total. The summed E-state index contributed by atoms with van der Waals surface area (Å²) in [7, 11) is 3.57. The van der Waals surface area contributed by atoms with Crippen LogP contribution in [0.4, 0.5) is 11.6 Å². The molecule has 2 rings (SSSR count). The van der Waals surface area contributed by atoms with E-state index in [0.29, 0.717) is 11.5 Å². The summed E-state index contributed by atoms with van der Waals surface area (Å²) < 4.78 is 1.55. The van der Waals surface area contributed by atoms with E-state index in [-0.39, 0.29) is 0 Å². The topological polar surface area (TPSA) is 70.6 Å². The van der Waals surface area contributed by atoms with Crippen LogP contribution in [0.3, 0.4) is 0 Å². The molecule has 0 aliphatic rings. The van der Waals surface area contributed by atoms with Gasteiger partial charge in [-0.3, -0.25) is 0 Å². The maximum absolute atomic E-state index is 9.00. The molecule has 0 bridgehead atoms. The highest BCUT2D eigenvalue weighted by molar-refractivity contribution is 5.64. The molecule has 80 valence electrons. The van der Waals surface area contributed by atoms with Crippen molar-refractivity contribution >= 4 is 11.6 Å². The molecule has 0 saturated carbocycles. The van der Waals surface area contributed by atoms with Crippen molar-refractivity contribution in [1.29, 1.82) is 5.26 Å². The zero-order valence-electron chi connectivity index (χ0n) is 8.99. The fraction of sp³-hybridized carbons (Fsp3) is 0.200. The van der Waals surface area contributed by atoms with Crippen LogP contribution in [0.15, 0.2) is 24.3 Å². The molecular formula is C10H10N6. The minimum absolute atomic E-state index is 0.586. The lowest BCUT2D eigenvalue weighted by atomic mass is 10.2. The Hall–Kier alpha value is -2.42. The third kappa shape index (κ3) is 1.59. The van der Waals surface area contributed by atoms with E-state index < -0.39 is 0 Å². The van der Waals surface area contributed by atoms with E-state index >= 15 is 0 Å². The maximum Gasteiger partial charge on any atom is 0.249 e. The van der Waals surface area contributed by atoms with Gasteiger partial charge in [-0.1, -0.05) is 17.2 Å².